The Labute approximate surface area is 173 Å². The molecule has 0 spiro atoms. The summed E-state index contributed by atoms with van der Waals surface area (Å²) in [6, 6.07) is 7.31. The van der Waals surface area contributed by atoms with Gasteiger partial charge in [-0.15, -0.1) is 11.3 Å². The average Bonchev–Trinajstić information content (AvgIpc) is 3.12. The molecular formula is C21H25N5O2S. The van der Waals surface area contributed by atoms with E-state index in [-0.39, 0.29) is 18.0 Å². The lowest BCUT2D eigenvalue weighted by atomic mass is 10.0. The Hall–Kier alpha value is -2.58. The molecule has 0 bridgehead atoms. The van der Waals surface area contributed by atoms with Crippen LogP contribution in [-0.2, 0) is 17.9 Å². The molecule has 1 saturated heterocycles. The number of aromatic nitrogens is 3. The highest BCUT2D eigenvalue weighted by molar-refractivity contribution is 7.13. The molecule has 0 saturated carbocycles. The third kappa shape index (κ3) is 4.54. The van der Waals surface area contributed by atoms with Crippen LogP contribution >= 0.6 is 11.3 Å². The van der Waals surface area contributed by atoms with Gasteiger partial charge in [-0.2, -0.15) is 5.10 Å². The minimum atomic E-state index is -0.304. The van der Waals surface area contributed by atoms with Gasteiger partial charge in [0, 0.05) is 23.9 Å². The number of hydrogen-bond acceptors (Lipinski definition) is 6. The van der Waals surface area contributed by atoms with Gasteiger partial charge in [0.25, 0.3) is 5.56 Å². The third-order valence-corrected chi connectivity index (χ3v) is 6.08. The van der Waals surface area contributed by atoms with Gasteiger partial charge in [0.15, 0.2) is 5.13 Å². The van der Waals surface area contributed by atoms with E-state index in [1.807, 2.05) is 30.5 Å². The van der Waals surface area contributed by atoms with Crippen LogP contribution in [0.5, 0.6) is 0 Å². The van der Waals surface area contributed by atoms with E-state index in [1.165, 1.54) is 28.9 Å². The van der Waals surface area contributed by atoms with Crippen LogP contribution in [-0.4, -0.2) is 38.7 Å². The Kier molecular flexibility index (Phi) is 5.73. The highest BCUT2D eigenvalue weighted by atomic mass is 32.1. The summed E-state index contributed by atoms with van der Waals surface area (Å²) in [6.07, 6.45) is 2.51. The normalized spacial score (nSPS) is 17.5. The van der Waals surface area contributed by atoms with Crippen LogP contribution in [0.2, 0.25) is 0 Å². The molecular weight excluding hydrogens is 386 g/mol. The summed E-state index contributed by atoms with van der Waals surface area (Å²) in [5.41, 5.74) is 1.43. The van der Waals surface area contributed by atoms with Crippen molar-refractivity contribution in [2.45, 2.75) is 39.8 Å². The predicted octanol–water partition coefficient (Wildman–Crippen LogP) is 3.03. The predicted molar refractivity (Wildman–Crippen MR) is 115 cm³/mol. The lowest BCUT2D eigenvalue weighted by molar-refractivity contribution is -0.117. The molecule has 1 atom stereocenters. The van der Waals surface area contributed by atoms with Gasteiger partial charge in [-0.05, 0) is 38.3 Å². The van der Waals surface area contributed by atoms with Crippen molar-refractivity contribution in [2.75, 3.05) is 18.4 Å². The first kappa shape index (κ1) is 19.7. The number of carbonyl (C=O) groups is 1. The first-order valence-electron chi connectivity index (χ1n) is 9.92. The van der Waals surface area contributed by atoms with Gasteiger partial charge in [-0.25, -0.2) is 9.67 Å². The number of nitrogens with zero attached hydrogens (tertiary/aromatic N) is 4. The van der Waals surface area contributed by atoms with Crippen molar-refractivity contribution in [1.82, 2.24) is 19.7 Å². The Morgan fingerprint density at radius 2 is 2.10 bits per heavy atom. The number of rotatable bonds is 5. The minimum Gasteiger partial charge on any atom is -0.300 e. The summed E-state index contributed by atoms with van der Waals surface area (Å²) in [7, 11) is 0. The number of piperidine rings is 1. The van der Waals surface area contributed by atoms with Crippen LogP contribution in [0, 0.1) is 12.8 Å². The molecule has 7 nitrogen and oxygen atoms in total. The highest BCUT2D eigenvalue weighted by Crippen LogP contribution is 2.21. The monoisotopic (exact) mass is 411 g/mol. The second-order valence-corrected chi connectivity index (χ2v) is 8.63. The van der Waals surface area contributed by atoms with E-state index < -0.39 is 0 Å². The lowest BCUT2D eigenvalue weighted by Gasteiger charge is -2.30. The quantitative estimate of drug-likeness (QED) is 0.698. The van der Waals surface area contributed by atoms with E-state index in [1.54, 1.807) is 6.07 Å². The number of anilines is 1. The fraction of sp³-hybridized carbons (Fsp3) is 0.429. The number of aryl methyl sites for hydroxylation is 1. The maximum Gasteiger partial charge on any atom is 0.275 e. The Morgan fingerprint density at radius 3 is 2.90 bits per heavy atom. The number of benzene rings is 1. The molecule has 1 amide bonds. The van der Waals surface area contributed by atoms with Crippen LogP contribution in [0.15, 0.2) is 34.4 Å². The van der Waals surface area contributed by atoms with E-state index in [9.17, 15) is 9.59 Å². The zero-order valence-corrected chi connectivity index (χ0v) is 17.5. The van der Waals surface area contributed by atoms with Gasteiger partial charge in [-0.1, -0.05) is 25.1 Å². The van der Waals surface area contributed by atoms with Gasteiger partial charge in [0.05, 0.1) is 16.8 Å². The van der Waals surface area contributed by atoms with Crippen LogP contribution in [0.25, 0.3) is 10.8 Å². The SMILES string of the molecule is Cc1nn(CC(=O)Nc2nc(CN3CCCC(C)C3)cs2)c(=O)c2ccccc12. The van der Waals surface area contributed by atoms with Crippen molar-refractivity contribution in [3.63, 3.8) is 0 Å². The molecule has 0 aliphatic carbocycles. The van der Waals surface area contributed by atoms with Crippen LogP contribution < -0.4 is 10.9 Å². The number of hydrogen-bond donors (Lipinski definition) is 1. The molecule has 1 N–H and O–H groups in total. The molecule has 1 aliphatic rings. The van der Waals surface area contributed by atoms with Crippen molar-refractivity contribution in [3.05, 3.63) is 51.4 Å². The molecule has 3 heterocycles. The first-order valence-corrected chi connectivity index (χ1v) is 10.8. The van der Waals surface area contributed by atoms with Crippen molar-refractivity contribution >= 4 is 33.1 Å². The molecule has 0 radical (unpaired) electrons. The standard InChI is InChI=1S/C21H25N5O2S/c1-14-6-5-9-25(10-14)11-16-13-29-21(22-16)23-19(27)12-26-20(28)18-8-4-3-7-17(18)15(2)24-26/h3-4,7-8,13-14H,5-6,9-12H2,1-2H3,(H,22,23,27). The topological polar surface area (TPSA) is 80.1 Å². The molecule has 3 aromatic rings. The number of amides is 1. The van der Waals surface area contributed by atoms with E-state index in [4.69, 9.17) is 0 Å². The summed E-state index contributed by atoms with van der Waals surface area (Å²) in [4.78, 5) is 32.0. The molecule has 1 aromatic carbocycles. The van der Waals surface area contributed by atoms with E-state index in [0.717, 1.165) is 42.3 Å². The van der Waals surface area contributed by atoms with Gasteiger partial charge in [0.1, 0.15) is 6.54 Å². The molecule has 152 valence electrons. The van der Waals surface area contributed by atoms with Crippen molar-refractivity contribution in [3.8, 4) is 0 Å². The fourth-order valence-electron chi connectivity index (χ4n) is 3.90. The number of thiazole rings is 1. The van der Waals surface area contributed by atoms with Crippen LogP contribution in [0.3, 0.4) is 0 Å². The molecule has 8 heteroatoms. The first-order chi connectivity index (χ1) is 14.0. The Morgan fingerprint density at radius 1 is 1.31 bits per heavy atom. The maximum atomic E-state index is 12.6. The van der Waals surface area contributed by atoms with Gasteiger partial charge in [0.2, 0.25) is 5.91 Å². The smallest absolute Gasteiger partial charge is 0.275 e. The van der Waals surface area contributed by atoms with Crippen molar-refractivity contribution in [2.24, 2.45) is 5.92 Å². The lowest BCUT2D eigenvalue weighted by Crippen LogP contribution is -2.33. The molecule has 29 heavy (non-hydrogen) atoms. The number of nitrogens with one attached hydrogen (secondary N) is 1. The Bertz CT molecular complexity index is 1090. The van der Waals surface area contributed by atoms with Gasteiger partial charge in [-0.3, -0.25) is 14.5 Å². The number of likely N-dealkylation sites (tertiary alicyclic amines) is 1. The second-order valence-electron chi connectivity index (χ2n) is 7.77. The van der Waals surface area contributed by atoms with Crippen LogP contribution in [0.4, 0.5) is 5.13 Å². The highest BCUT2D eigenvalue weighted by Gasteiger charge is 2.18. The number of carbonyl (C=O) groups excluding carboxylic acids is 1. The second kappa shape index (κ2) is 8.42. The number of fused-ring (bicyclic) bond motifs is 1. The van der Waals surface area contributed by atoms with Crippen LogP contribution in [0.1, 0.15) is 31.2 Å². The minimum absolute atomic E-state index is 0.136. The fourth-order valence-corrected chi connectivity index (χ4v) is 4.62. The molecule has 1 aliphatic heterocycles. The van der Waals surface area contributed by atoms with Gasteiger partial charge >= 0.3 is 0 Å². The van der Waals surface area contributed by atoms with E-state index in [0.29, 0.717) is 10.5 Å². The molecule has 2 aromatic heterocycles. The molecule has 1 fully saturated rings. The van der Waals surface area contributed by atoms with Crippen molar-refractivity contribution < 1.29 is 4.79 Å². The molecule has 1 unspecified atom stereocenters. The summed E-state index contributed by atoms with van der Waals surface area (Å²) >= 11 is 1.41. The van der Waals surface area contributed by atoms with E-state index >= 15 is 0 Å². The van der Waals surface area contributed by atoms with Gasteiger partial charge < -0.3 is 5.32 Å². The summed E-state index contributed by atoms with van der Waals surface area (Å²) < 4.78 is 1.22. The summed E-state index contributed by atoms with van der Waals surface area (Å²) in [6.45, 7) is 6.98. The maximum absolute atomic E-state index is 12.6. The molecule has 4 rings (SSSR count). The largest absolute Gasteiger partial charge is 0.300 e. The third-order valence-electron chi connectivity index (χ3n) is 5.27. The Balaban J connectivity index is 1.42. The summed E-state index contributed by atoms with van der Waals surface area (Å²) in [5, 5.41) is 11.0. The van der Waals surface area contributed by atoms with Crippen molar-refractivity contribution in [1.29, 1.82) is 0 Å². The summed E-state index contributed by atoms with van der Waals surface area (Å²) in [5.74, 6) is 0.416. The average molecular weight is 412 g/mol. The zero-order valence-electron chi connectivity index (χ0n) is 16.7. The zero-order chi connectivity index (χ0) is 20.4. The van der Waals surface area contributed by atoms with E-state index in [2.05, 4.69) is 27.2 Å².